The van der Waals surface area contributed by atoms with Crippen LogP contribution in [-0.4, -0.2) is 30.8 Å². The van der Waals surface area contributed by atoms with Crippen LogP contribution in [0.3, 0.4) is 0 Å². The van der Waals surface area contributed by atoms with Crippen LogP contribution in [0, 0.1) is 13.8 Å². The van der Waals surface area contributed by atoms with E-state index < -0.39 is 10.0 Å². The van der Waals surface area contributed by atoms with E-state index in [4.69, 9.17) is 4.52 Å². The normalized spacial score (nSPS) is 11.9. The van der Waals surface area contributed by atoms with E-state index in [9.17, 15) is 13.2 Å². The average molecular weight is 357 g/mol. The molecule has 1 amide bonds. The second-order valence-corrected chi connectivity index (χ2v) is 8.63. The van der Waals surface area contributed by atoms with Crippen LogP contribution in [0.25, 0.3) is 0 Å². The van der Waals surface area contributed by atoms with Crippen molar-refractivity contribution in [3.63, 3.8) is 0 Å². The summed E-state index contributed by atoms with van der Waals surface area (Å²) in [6.45, 7) is 5.48. The Bertz CT molecular complexity index is 788. The van der Waals surface area contributed by atoms with Crippen LogP contribution in [0.4, 0.5) is 0 Å². The zero-order chi connectivity index (χ0) is 17.2. The summed E-state index contributed by atoms with van der Waals surface area (Å²) in [7, 11) is -2.07. The fourth-order valence-electron chi connectivity index (χ4n) is 1.99. The maximum Gasteiger partial charge on any atom is 0.252 e. The molecule has 0 unspecified atom stereocenters. The quantitative estimate of drug-likeness (QED) is 0.851. The van der Waals surface area contributed by atoms with Gasteiger partial charge in [-0.05, 0) is 26.0 Å². The van der Waals surface area contributed by atoms with Gasteiger partial charge in [-0.25, -0.2) is 8.42 Å². The molecule has 2 aromatic rings. The molecule has 23 heavy (non-hydrogen) atoms. The molecule has 0 atom stereocenters. The molecule has 2 aromatic heterocycles. The molecule has 9 heteroatoms. The number of nitrogens with zero attached hydrogens (tertiary/aromatic N) is 2. The molecule has 126 valence electrons. The number of aromatic nitrogens is 1. The van der Waals surface area contributed by atoms with Crippen molar-refractivity contribution in [3.8, 4) is 0 Å². The number of carbonyl (C=O) groups is 1. The van der Waals surface area contributed by atoms with Crippen LogP contribution < -0.4 is 5.32 Å². The Morgan fingerprint density at radius 3 is 2.65 bits per heavy atom. The summed E-state index contributed by atoms with van der Waals surface area (Å²) in [5.74, 6) is 0.459. The summed E-state index contributed by atoms with van der Waals surface area (Å²) >= 11 is 1.15. The SMILES string of the molecule is CC(=O)NCc1ccc(S(=O)(=O)N(C)Cc2c(C)noc2C)s1. The molecule has 1 N–H and O–H groups in total. The fraction of sp³-hybridized carbons (Fsp3) is 0.429. The van der Waals surface area contributed by atoms with Gasteiger partial charge >= 0.3 is 0 Å². The molecular weight excluding hydrogens is 338 g/mol. The second kappa shape index (κ2) is 6.81. The number of hydrogen-bond donors (Lipinski definition) is 1. The third-order valence-electron chi connectivity index (χ3n) is 3.38. The summed E-state index contributed by atoms with van der Waals surface area (Å²) in [6.07, 6.45) is 0. The number of sulfonamides is 1. The van der Waals surface area contributed by atoms with Gasteiger partial charge in [0.1, 0.15) is 9.97 Å². The Balaban J connectivity index is 2.16. The van der Waals surface area contributed by atoms with Gasteiger partial charge in [0.15, 0.2) is 0 Å². The molecule has 0 fully saturated rings. The first-order valence-electron chi connectivity index (χ1n) is 6.93. The first-order valence-corrected chi connectivity index (χ1v) is 9.18. The molecule has 0 aliphatic carbocycles. The highest BCUT2D eigenvalue weighted by Crippen LogP contribution is 2.26. The molecule has 2 heterocycles. The Morgan fingerprint density at radius 2 is 2.09 bits per heavy atom. The smallest absolute Gasteiger partial charge is 0.252 e. The summed E-state index contributed by atoms with van der Waals surface area (Å²) in [6, 6.07) is 3.26. The van der Waals surface area contributed by atoms with E-state index >= 15 is 0 Å². The number of hydrogen-bond acceptors (Lipinski definition) is 6. The lowest BCUT2D eigenvalue weighted by atomic mass is 10.2. The summed E-state index contributed by atoms with van der Waals surface area (Å²) in [5.41, 5.74) is 1.45. The highest BCUT2D eigenvalue weighted by atomic mass is 32.2. The molecule has 7 nitrogen and oxygen atoms in total. The first-order chi connectivity index (χ1) is 10.7. The van der Waals surface area contributed by atoms with Crippen molar-refractivity contribution in [2.45, 2.75) is 38.1 Å². The van der Waals surface area contributed by atoms with Gasteiger partial charge in [-0.15, -0.1) is 11.3 Å². The minimum Gasteiger partial charge on any atom is -0.361 e. The number of nitrogens with one attached hydrogen (secondary N) is 1. The number of carbonyl (C=O) groups excluding carboxylic acids is 1. The second-order valence-electron chi connectivity index (χ2n) is 5.19. The van der Waals surface area contributed by atoms with Crippen molar-refractivity contribution in [1.29, 1.82) is 0 Å². The molecule has 0 spiro atoms. The van der Waals surface area contributed by atoms with Crippen molar-refractivity contribution in [1.82, 2.24) is 14.8 Å². The van der Waals surface area contributed by atoms with Crippen LogP contribution in [0.2, 0.25) is 0 Å². The molecule has 0 radical (unpaired) electrons. The summed E-state index contributed by atoms with van der Waals surface area (Å²) < 4.78 is 31.8. The molecule has 2 rings (SSSR count). The third kappa shape index (κ3) is 3.98. The standard InChI is InChI=1S/C14H19N3O4S2/c1-9-13(10(2)21-16-9)8-17(4)23(19,20)14-6-5-12(22-14)7-15-11(3)18/h5-6H,7-8H2,1-4H3,(H,15,18). The lowest BCUT2D eigenvalue weighted by Gasteiger charge is -2.15. The molecule has 0 bridgehead atoms. The van der Waals surface area contributed by atoms with E-state index in [2.05, 4.69) is 10.5 Å². The average Bonchev–Trinajstić information content (AvgIpc) is 3.07. The Labute approximate surface area is 139 Å². The number of amides is 1. The zero-order valence-electron chi connectivity index (χ0n) is 13.4. The van der Waals surface area contributed by atoms with Gasteiger partial charge in [0, 0.05) is 31.0 Å². The molecular formula is C14H19N3O4S2. The minimum atomic E-state index is -3.60. The lowest BCUT2D eigenvalue weighted by Crippen LogP contribution is -2.26. The highest BCUT2D eigenvalue weighted by Gasteiger charge is 2.25. The Kier molecular flexibility index (Phi) is 5.23. The van der Waals surface area contributed by atoms with Crippen LogP contribution in [-0.2, 0) is 27.9 Å². The maximum absolute atomic E-state index is 12.6. The van der Waals surface area contributed by atoms with E-state index in [0.29, 0.717) is 18.0 Å². The predicted octanol–water partition coefficient (Wildman–Crippen LogP) is 1.81. The monoisotopic (exact) mass is 357 g/mol. The summed E-state index contributed by atoms with van der Waals surface area (Å²) in [4.78, 5) is 11.7. The van der Waals surface area contributed by atoms with Gasteiger partial charge in [0.05, 0.1) is 12.2 Å². The van der Waals surface area contributed by atoms with Gasteiger partial charge in [-0.2, -0.15) is 4.31 Å². The molecule has 0 aliphatic heterocycles. The largest absolute Gasteiger partial charge is 0.361 e. The Morgan fingerprint density at radius 1 is 1.39 bits per heavy atom. The van der Waals surface area contributed by atoms with E-state index in [1.54, 1.807) is 26.0 Å². The molecule has 0 saturated heterocycles. The van der Waals surface area contributed by atoms with E-state index in [0.717, 1.165) is 21.8 Å². The number of thiophene rings is 1. The van der Waals surface area contributed by atoms with Gasteiger partial charge in [0.2, 0.25) is 5.91 Å². The zero-order valence-corrected chi connectivity index (χ0v) is 15.0. The van der Waals surface area contributed by atoms with Crippen LogP contribution in [0.1, 0.15) is 28.8 Å². The van der Waals surface area contributed by atoms with Crippen molar-refractivity contribution < 1.29 is 17.7 Å². The topological polar surface area (TPSA) is 92.5 Å². The highest BCUT2D eigenvalue weighted by molar-refractivity contribution is 7.91. The fourth-order valence-corrected chi connectivity index (χ4v) is 4.64. The van der Waals surface area contributed by atoms with Crippen molar-refractivity contribution >= 4 is 27.3 Å². The van der Waals surface area contributed by atoms with E-state index in [1.807, 2.05) is 0 Å². The van der Waals surface area contributed by atoms with Crippen LogP contribution in [0.5, 0.6) is 0 Å². The molecule has 0 aliphatic rings. The maximum atomic E-state index is 12.6. The molecule has 0 aromatic carbocycles. The molecule has 0 saturated carbocycles. The Hall–Kier alpha value is -1.71. The van der Waals surface area contributed by atoms with Crippen LogP contribution in [0.15, 0.2) is 20.9 Å². The van der Waals surface area contributed by atoms with Gasteiger partial charge in [-0.3, -0.25) is 4.79 Å². The van der Waals surface area contributed by atoms with E-state index in [-0.39, 0.29) is 16.7 Å². The van der Waals surface area contributed by atoms with Gasteiger partial charge < -0.3 is 9.84 Å². The van der Waals surface area contributed by atoms with Crippen molar-refractivity contribution in [2.24, 2.45) is 0 Å². The van der Waals surface area contributed by atoms with Crippen molar-refractivity contribution in [3.05, 3.63) is 34.0 Å². The van der Waals surface area contributed by atoms with Gasteiger partial charge in [0.25, 0.3) is 10.0 Å². The number of aryl methyl sites for hydroxylation is 2. The summed E-state index contributed by atoms with van der Waals surface area (Å²) in [5, 5.41) is 6.48. The van der Waals surface area contributed by atoms with Crippen molar-refractivity contribution in [2.75, 3.05) is 7.05 Å². The van der Waals surface area contributed by atoms with Gasteiger partial charge in [-0.1, -0.05) is 5.16 Å². The first kappa shape index (κ1) is 17.6. The predicted molar refractivity (Wildman–Crippen MR) is 86.5 cm³/mol. The lowest BCUT2D eigenvalue weighted by molar-refractivity contribution is -0.119. The number of rotatable bonds is 6. The minimum absolute atomic E-state index is 0.154. The third-order valence-corrected chi connectivity index (χ3v) is 6.73. The van der Waals surface area contributed by atoms with E-state index in [1.165, 1.54) is 18.3 Å². The van der Waals surface area contributed by atoms with Crippen LogP contribution >= 0.6 is 11.3 Å².